The summed E-state index contributed by atoms with van der Waals surface area (Å²) in [6, 6.07) is 15.1. The molecule has 0 spiro atoms. The van der Waals surface area contributed by atoms with Gasteiger partial charge in [0.2, 0.25) is 5.91 Å². The van der Waals surface area contributed by atoms with Gasteiger partial charge >= 0.3 is 0 Å². The molecule has 2 N–H and O–H groups in total. The van der Waals surface area contributed by atoms with Gasteiger partial charge in [0.05, 0.1) is 12.0 Å². The molecule has 8 heteroatoms. The minimum absolute atomic E-state index is 0.178. The van der Waals surface area contributed by atoms with E-state index in [1.54, 1.807) is 17.0 Å². The molecule has 2 heterocycles. The van der Waals surface area contributed by atoms with Crippen LogP contribution in [0, 0.1) is 11.7 Å². The maximum atomic E-state index is 13.5. The number of hydrogen-bond acceptors (Lipinski definition) is 5. The molecule has 0 unspecified atom stereocenters. The monoisotopic (exact) mass is 453 g/mol. The highest BCUT2D eigenvalue weighted by molar-refractivity contribution is 5.90. The molecule has 1 fully saturated rings. The highest BCUT2D eigenvalue weighted by Crippen LogP contribution is 2.27. The van der Waals surface area contributed by atoms with Crippen LogP contribution in [0.5, 0.6) is 5.75 Å². The second kappa shape index (κ2) is 10.1. The molecule has 4 rings (SSSR count). The van der Waals surface area contributed by atoms with Crippen LogP contribution in [-0.4, -0.2) is 65.8 Å². The summed E-state index contributed by atoms with van der Waals surface area (Å²) in [6.45, 7) is 1.34. The number of carbonyl (C=O) groups excluding carboxylic acids is 2. The summed E-state index contributed by atoms with van der Waals surface area (Å²) in [5.41, 5.74) is 2.34. The predicted molar refractivity (Wildman–Crippen MR) is 121 cm³/mol. The average Bonchev–Trinajstić information content (AvgIpc) is 2.84. The maximum Gasteiger partial charge on any atom is 0.251 e. The zero-order valence-corrected chi connectivity index (χ0v) is 18.5. The molecule has 2 aromatic carbocycles. The van der Waals surface area contributed by atoms with E-state index in [2.05, 4.69) is 17.4 Å². The van der Waals surface area contributed by atoms with E-state index in [1.165, 1.54) is 24.8 Å². The number of hydrogen-bond donors (Lipinski definition) is 2. The van der Waals surface area contributed by atoms with Gasteiger partial charge in [-0.1, -0.05) is 42.5 Å². The Hall–Kier alpha value is -3.23. The van der Waals surface area contributed by atoms with Crippen LogP contribution in [0.3, 0.4) is 0 Å². The second-order valence-electron chi connectivity index (χ2n) is 8.42. The first kappa shape index (κ1) is 22.9. The van der Waals surface area contributed by atoms with Gasteiger partial charge in [0.25, 0.3) is 5.91 Å². The van der Waals surface area contributed by atoms with E-state index in [9.17, 15) is 19.2 Å². The molecule has 2 aliphatic rings. The lowest BCUT2D eigenvalue weighted by molar-refractivity contribution is -0.169. The quantitative estimate of drug-likeness (QED) is 0.538. The van der Waals surface area contributed by atoms with Crippen LogP contribution in [-0.2, 0) is 9.59 Å². The van der Waals surface area contributed by atoms with E-state index >= 15 is 0 Å². The van der Waals surface area contributed by atoms with Gasteiger partial charge in [0.15, 0.2) is 0 Å². The van der Waals surface area contributed by atoms with E-state index in [-0.39, 0.29) is 12.3 Å². The third kappa shape index (κ3) is 5.40. The van der Waals surface area contributed by atoms with Crippen molar-refractivity contribution in [1.82, 2.24) is 15.3 Å². The van der Waals surface area contributed by atoms with Crippen LogP contribution in [0.25, 0.3) is 5.57 Å². The molecule has 0 saturated carbocycles. The predicted octanol–water partition coefficient (Wildman–Crippen LogP) is 2.71. The van der Waals surface area contributed by atoms with Crippen LogP contribution >= 0.6 is 0 Å². The summed E-state index contributed by atoms with van der Waals surface area (Å²) < 4.78 is 19.3. The first-order valence-electron chi connectivity index (χ1n) is 11.1. The van der Waals surface area contributed by atoms with Crippen molar-refractivity contribution in [2.45, 2.75) is 25.0 Å². The third-order valence-electron chi connectivity index (χ3n) is 6.15. The first-order valence-corrected chi connectivity index (χ1v) is 11.1. The number of benzene rings is 2. The lowest BCUT2D eigenvalue weighted by Gasteiger charge is -2.39. The van der Waals surface area contributed by atoms with E-state index in [0.717, 1.165) is 12.0 Å². The van der Waals surface area contributed by atoms with E-state index < -0.39 is 29.8 Å². The molecule has 1 saturated heterocycles. The zero-order valence-electron chi connectivity index (χ0n) is 18.5. The van der Waals surface area contributed by atoms with Crippen molar-refractivity contribution in [2.24, 2.45) is 5.92 Å². The fourth-order valence-electron chi connectivity index (χ4n) is 4.45. The van der Waals surface area contributed by atoms with Crippen molar-refractivity contribution in [3.05, 3.63) is 72.1 Å². The number of amides is 2. The molecular formula is C25H28FN3O4. The molecule has 174 valence electrons. The summed E-state index contributed by atoms with van der Waals surface area (Å²) >= 11 is 0. The Morgan fingerprint density at radius 3 is 2.64 bits per heavy atom. The maximum absolute atomic E-state index is 13.5. The van der Waals surface area contributed by atoms with Crippen LogP contribution in [0.4, 0.5) is 4.39 Å². The Labute approximate surface area is 192 Å². The van der Waals surface area contributed by atoms with Crippen LogP contribution < -0.4 is 10.1 Å². The molecular weight excluding hydrogens is 425 g/mol. The molecule has 2 aliphatic heterocycles. The largest absolute Gasteiger partial charge is 0.489 e. The SMILES string of the molecule is CN(O)C(=O)[C@H]1C[C@H](Oc2cccc(F)c2)CN[C@@H]1C(=O)N1CC=C(c2ccccc2)CC1. The normalized spacial score (nSPS) is 22.9. The van der Waals surface area contributed by atoms with Crippen molar-refractivity contribution in [2.75, 3.05) is 26.7 Å². The van der Waals surface area contributed by atoms with Gasteiger partial charge in [-0.05, 0) is 36.1 Å². The smallest absolute Gasteiger partial charge is 0.251 e. The van der Waals surface area contributed by atoms with Gasteiger partial charge in [0, 0.05) is 32.7 Å². The highest BCUT2D eigenvalue weighted by atomic mass is 19.1. The molecule has 0 aromatic heterocycles. The summed E-state index contributed by atoms with van der Waals surface area (Å²) in [5, 5.41) is 13.4. The van der Waals surface area contributed by atoms with Gasteiger partial charge in [-0.15, -0.1) is 0 Å². The Kier molecular flexibility index (Phi) is 7.05. The number of nitrogens with zero attached hydrogens (tertiary/aromatic N) is 2. The van der Waals surface area contributed by atoms with Crippen LogP contribution in [0.2, 0.25) is 0 Å². The first-order chi connectivity index (χ1) is 15.9. The molecule has 7 nitrogen and oxygen atoms in total. The van der Waals surface area contributed by atoms with Crippen molar-refractivity contribution in [1.29, 1.82) is 0 Å². The molecule has 33 heavy (non-hydrogen) atoms. The van der Waals surface area contributed by atoms with Gasteiger partial charge in [-0.3, -0.25) is 14.8 Å². The van der Waals surface area contributed by atoms with E-state index in [4.69, 9.17) is 4.74 Å². The van der Waals surface area contributed by atoms with Gasteiger partial charge in [-0.25, -0.2) is 9.45 Å². The fourth-order valence-corrected chi connectivity index (χ4v) is 4.45. The number of nitrogens with one attached hydrogen (secondary N) is 1. The zero-order chi connectivity index (χ0) is 23.4. The lowest BCUT2D eigenvalue weighted by Crippen LogP contribution is -2.60. The molecule has 0 bridgehead atoms. The third-order valence-corrected chi connectivity index (χ3v) is 6.15. The molecule has 2 amide bonds. The number of rotatable bonds is 5. The summed E-state index contributed by atoms with van der Waals surface area (Å²) in [7, 11) is 1.25. The number of ether oxygens (including phenoxy) is 1. The number of piperidine rings is 1. The van der Waals surface area contributed by atoms with Crippen LogP contribution in [0.1, 0.15) is 18.4 Å². The molecule has 0 radical (unpaired) electrons. The van der Waals surface area contributed by atoms with E-state index in [1.807, 2.05) is 24.3 Å². The Bertz CT molecular complexity index is 1030. The van der Waals surface area contributed by atoms with Gasteiger partial charge < -0.3 is 15.0 Å². The Morgan fingerprint density at radius 1 is 1.18 bits per heavy atom. The fraction of sp³-hybridized carbons (Fsp3) is 0.360. The average molecular weight is 454 g/mol. The standard InChI is InChI=1S/C25H28FN3O4/c1-28(32)24(30)22-15-21(33-20-9-5-8-19(26)14-20)16-27-23(22)25(31)29-12-10-18(11-13-29)17-6-3-2-4-7-17/h2-10,14,21-23,27,32H,11-13,15-16H2,1H3/t21-,22-,23-/m0/s1. The molecule has 3 atom stereocenters. The van der Waals surface area contributed by atoms with Gasteiger partial charge in [0.1, 0.15) is 17.7 Å². The lowest BCUT2D eigenvalue weighted by atomic mass is 9.87. The number of hydroxylamine groups is 2. The topological polar surface area (TPSA) is 82.1 Å². The summed E-state index contributed by atoms with van der Waals surface area (Å²) in [4.78, 5) is 27.8. The van der Waals surface area contributed by atoms with Gasteiger partial charge in [-0.2, -0.15) is 0 Å². The Balaban J connectivity index is 1.45. The van der Waals surface area contributed by atoms with Crippen molar-refractivity contribution < 1.29 is 23.9 Å². The highest BCUT2D eigenvalue weighted by Gasteiger charge is 2.42. The minimum Gasteiger partial charge on any atom is -0.489 e. The van der Waals surface area contributed by atoms with Crippen LogP contribution in [0.15, 0.2) is 60.7 Å². The minimum atomic E-state index is -0.806. The summed E-state index contributed by atoms with van der Waals surface area (Å²) in [6.07, 6.45) is 2.55. The summed E-state index contributed by atoms with van der Waals surface area (Å²) in [5.74, 6) is -1.61. The number of halogens is 1. The van der Waals surface area contributed by atoms with Crippen molar-refractivity contribution in [3.63, 3.8) is 0 Å². The molecule has 0 aliphatic carbocycles. The van der Waals surface area contributed by atoms with Crippen molar-refractivity contribution >= 4 is 17.4 Å². The van der Waals surface area contributed by atoms with E-state index in [0.29, 0.717) is 30.4 Å². The second-order valence-corrected chi connectivity index (χ2v) is 8.42. The van der Waals surface area contributed by atoms with Crippen molar-refractivity contribution in [3.8, 4) is 5.75 Å². The Morgan fingerprint density at radius 2 is 1.97 bits per heavy atom. The molecule has 2 aromatic rings. The number of carbonyl (C=O) groups is 2.